The predicted molar refractivity (Wildman–Crippen MR) is 127 cm³/mol. The number of hydrogen-bond acceptors (Lipinski definition) is 4. The molecule has 2 heterocycles. The van der Waals surface area contributed by atoms with E-state index in [4.69, 9.17) is 14.2 Å². The van der Waals surface area contributed by atoms with Crippen molar-refractivity contribution >= 4 is 6.09 Å². The van der Waals surface area contributed by atoms with E-state index in [1.165, 1.54) is 27.8 Å². The first kappa shape index (κ1) is 20.2. The first-order valence-corrected chi connectivity index (χ1v) is 11.5. The maximum atomic E-state index is 13.1. The second-order valence-electron chi connectivity index (χ2n) is 9.94. The summed E-state index contributed by atoms with van der Waals surface area (Å²) in [6.45, 7) is 6.65. The quantitative estimate of drug-likeness (QED) is 0.455. The highest BCUT2D eigenvalue weighted by atomic mass is 16.7. The highest BCUT2D eigenvalue weighted by Crippen LogP contribution is 2.49. The van der Waals surface area contributed by atoms with E-state index in [0.717, 1.165) is 35.5 Å². The van der Waals surface area contributed by atoms with Gasteiger partial charge in [-0.3, -0.25) is 0 Å². The van der Waals surface area contributed by atoms with E-state index in [1.54, 1.807) is 0 Å². The number of fused-ring (bicyclic) bond motifs is 3. The van der Waals surface area contributed by atoms with Crippen LogP contribution in [0.25, 0.3) is 22.3 Å². The van der Waals surface area contributed by atoms with Gasteiger partial charge >= 0.3 is 6.09 Å². The standard InChI is InChI=1S/C28H27NO4/c1-28(2,3)33-27(30)29-12-11-18-13-19(21-9-6-10-24-26(21)32-16-31-24)14-22-20-8-5-4-7-17(20)15-23(29)25(18)22/h4-10,13-14,23H,11-12,15-16H2,1-3H3. The number of para-hydroxylation sites is 1. The zero-order valence-corrected chi connectivity index (χ0v) is 19.2. The molecule has 1 aliphatic carbocycles. The maximum Gasteiger partial charge on any atom is 0.410 e. The normalized spacial score (nSPS) is 17.9. The van der Waals surface area contributed by atoms with Crippen LogP contribution in [0.3, 0.4) is 0 Å². The molecule has 1 amide bonds. The SMILES string of the molecule is CC(C)(C)OC(=O)N1CCc2cc(-c3cccc4c3OCO4)cc3c2C1Cc1ccccc1-3. The van der Waals surface area contributed by atoms with Gasteiger partial charge in [0.05, 0.1) is 6.04 Å². The fourth-order valence-corrected chi connectivity index (χ4v) is 5.32. The molecular formula is C28H27NO4. The Labute approximate surface area is 193 Å². The molecule has 0 N–H and O–H groups in total. The van der Waals surface area contributed by atoms with Crippen molar-refractivity contribution in [3.05, 3.63) is 71.3 Å². The van der Waals surface area contributed by atoms with Gasteiger partial charge < -0.3 is 19.1 Å². The van der Waals surface area contributed by atoms with Crippen LogP contribution in [-0.2, 0) is 17.6 Å². The highest BCUT2D eigenvalue weighted by molar-refractivity contribution is 5.85. The molecule has 168 valence electrons. The Morgan fingerprint density at radius 1 is 0.970 bits per heavy atom. The van der Waals surface area contributed by atoms with Crippen LogP contribution in [0.1, 0.15) is 43.5 Å². The van der Waals surface area contributed by atoms with Crippen molar-refractivity contribution in [2.45, 2.75) is 45.3 Å². The number of carbonyl (C=O) groups excluding carboxylic acids is 1. The van der Waals surface area contributed by atoms with Crippen LogP contribution < -0.4 is 9.47 Å². The Kier molecular flexibility index (Phi) is 4.44. The summed E-state index contributed by atoms with van der Waals surface area (Å²) in [5, 5.41) is 0. The number of hydrogen-bond donors (Lipinski definition) is 0. The molecule has 0 saturated carbocycles. The third-order valence-electron chi connectivity index (χ3n) is 6.65. The third-order valence-corrected chi connectivity index (χ3v) is 6.65. The number of carbonyl (C=O) groups is 1. The van der Waals surface area contributed by atoms with Crippen molar-refractivity contribution in [1.82, 2.24) is 4.90 Å². The van der Waals surface area contributed by atoms with Gasteiger partial charge in [0.25, 0.3) is 0 Å². The summed E-state index contributed by atoms with van der Waals surface area (Å²) in [6, 6.07) is 19.0. The van der Waals surface area contributed by atoms with Crippen molar-refractivity contribution in [2.24, 2.45) is 0 Å². The van der Waals surface area contributed by atoms with Crippen molar-refractivity contribution < 1.29 is 19.0 Å². The van der Waals surface area contributed by atoms with E-state index in [1.807, 2.05) is 37.8 Å². The van der Waals surface area contributed by atoms with Crippen LogP contribution in [0, 0.1) is 0 Å². The molecule has 3 aromatic carbocycles. The fourth-order valence-electron chi connectivity index (χ4n) is 5.32. The van der Waals surface area contributed by atoms with Crippen LogP contribution in [-0.4, -0.2) is 29.9 Å². The third kappa shape index (κ3) is 3.34. The number of amides is 1. The average Bonchev–Trinajstić information content (AvgIpc) is 3.27. The molecule has 5 heteroatoms. The number of nitrogens with zero attached hydrogens (tertiary/aromatic N) is 1. The zero-order valence-electron chi connectivity index (χ0n) is 19.2. The Morgan fingerprint density at radius 2 is 1.79 bits per heavy atom. The molecule has 0 saturated heterocycles. The summed E-state index contributed by atoms with van der Waals surface area (Å²) in [7, 11) is 0. The van der Waals surface area contributed by atoms with Gasteiger partial charge in [-0.1, -0.05) is 42.5 Å². The van der Waals surface area contributed by atoms with Crippen molar-refractivity contribution in [3.8, 4) is 33.8 Å². The van der Waals surface area contributed by atoms with Gasteiger partial charge in [0.1, 0.15) is 5.60 Å². The zero-order chi connectivity index (χ0) is 22.7. The molecule has 2 aliphatic heterocycles. The highest BCUT2D eigenvalue weighted by Gasteiger charge is 2.38. The van der Waals surface area contributed by atoms with E-state index < -0.39 is 5.60 Å². The van der Waals surface area contributed by atoms with Gasteiger partial charge in [0.2, 0.25) is 6.79 Å². The molecule has 0 spiro atoms. The first-order valence-electron chi connectivity index (χ1n) is 11.5. The minimum Gasteiger partial charge on any atom is -0.454 e. The molecule has 1 atom stereocenters. The summed E-state index contributed by atoms with van der Waals surface area (Å²) >= 11 is 0. The van der Waals surface area contributed by atoms with Gasteiger partial charge in [-0.25, -0.2) is 4.79 Å². The lowest BCUT2D eigenvalue weighted by atomic mass is 9.76. The molecule has 5 nitrogen and oxygen atoms in total. The lowest BCUT2D eigenvalue weighted by Crippen LogP contribution is -2.44. The second kappa shape index (κ2) is 7.27. The maximum absolute atomic E-state index is 13.1. The predicted octanol–water partition coefficient (Wildman–Crippen LogP) is 6.14. The first-order chi connectivity index (χ1) is 15.9. The number of benzene rings is 3. The molecule has 0 aromatic heterocycles. The molecular weight excluding hydrogens is 414 g/mol. The lowest BCUT2D eigenvalue weighted by Gasteiger charge is -2.42. The minimum atomic E-state index is -0.521. The van der Waals surface area contributed by atoms with Crippen molar-refractivity contribution in [2.75, 3.05) is 13.3 Å². The fraction of sp³-hybridized carbons (Fsp3) is 0.321. The summed E-state index contributed by atoms with van der Waals surface area (Å²) in [5.74, 6) is 1.59. The molecule has 33 heavy (non-hydrogen) atoms. The molecule has 6 rings (SSSR count). The molecule has 0 radical (unpaired) electrons. The van der Waals surface area contributed by atoms with E-state index in [2.05, 4.69) is 42.5 Å². The number of ether oxygens (including phenoxy) is 3. The smallest absolute Gasteiger partial charge is 0.410 e. The topological polar surface area (TPSA) is 48.0 Å². The molecule has 3 aliphatic rings. The van der Waals surface area contributed by atoms with Gasteiger partial charge in [-0.15, -0.1) is 0 Å². The molecule has 0 fully saturated rings. The molecule has 0 bridgehead atoms. The molecule has 1 unspecified atom stereocenters. The average molecular weight is 442 g/mol. The summed E-state index contributed by atoms with van der Waals surface area (Å²) < 4.78 is 17.2. The van der Waals surface area contributed by atoms with Gasteiger partial charge in [0, 0.05) is 12.1 Å². The van der Waals surface area contributed by atoms with Gasteiger partial charge in [-0.2, -0.15) is 0 Å². The summed E-state index contributed by atoms with van der Waals surface area (Å²) in [6.07, 6.45) is 1.35. The number of rotatable bonds is 1. The second-order valence-corrected chi connectivity index (χ2v) is 9.94. The summed E-state index contributed by atoms with van der Waals surface area (Å²) in [5.41, 5.74) is 7.86. The van der Waals surface area contributed by atoms with Crippen LogP contribution >= 0.6 is 0 Å². The Hall–Kier alpha value is -3.47. The van der Waals surface area contributed by atoms with Crippen LogP contribution in [0.4, 0.5) is 4.79 Å². The van der Waals surface area contributed by atoms with Crippen LogP contribution in [0.5, 0.6) is 11.5 Å². The Balaban J connectivity index is 1.51. The van der Waals surface area contributed by atoms with E-state index in [9.17, 15) is 4.79 Å². The molecule has 3 aromatic rings. The van der Waals surface area contributed by atoms with Crippen molar-refractivity contribution in [1.29, 1.82) is 0 Å². The van der Waals surface area contributed by atoms with E-state index >= 15 is 0 Å². The van der Waals surface area contributed by atoms with Gasteiger partial charge in [0.15, 0.2) is 11.5 Å². The monoisotopic (exact) mass is 441 g/mol. The van der Waals surface area contributed by atoms with Crippen molar-refractivity contribution in [3.63, 3.8) is 0 Å². The lowest BCUT2D eigenvalue weighted by molar-refractivity contribution is 0.0140. The van der Waals surface area contributed by atoms with Gasteiger partial charge in [-0.05, 0) is 79.1 Å². The minimum absolute atomic E-state index is 0.0244. The van der Waals surface area contributed by atoms with Crippen LogP contribution in [0.2, 0.25) is 0 Å². The largest absolute Gasteiger partial charge is 0.454 e. The summed E-state index contributed by atoms with van der Waals surface area (Å²) in [4.78, 5) is 15.1. The Bertz CT molecular complexity index is 1270. The Morgan fingerprint density at radius 3 is 2.64 bits per heavy atom. The van der Waals surface area contributed by atoms with Crippen LogP contribution in [0.15, 0.2) is 54.6 Å². The van der Waals surface area contributed by atoms with E-state index in [-0.39, 0.29) is 18.9 Å². The van der Waals surface area contributed by atoms with E-state index in [0.29, 0.717) is 6.54 Å².